The number of nitrogens with one attached hydrogen (secondary N) is 1. The van der Waals surface area contributed by atoms with Crippen LogP contribution in [0.3, 0.4) is 0 Å². The first-order valence-electron chi connectivity index (χ1n) is 9.75. The second-order valence-electron chi connectivity index (χ2n) is 7.38. The Morgan fingerprint density at radius 3 is 2.61 bits per heavy atom. The van der Waals surface area contributed by atoms with E-state index in [4.69, 9.17) is 17.3 Å². The van der Waals surface area contributed by atoms with Gasteiger partial charge in [0.05, 0.1) is 17.0 Å². The van der Waals surface area contributed by atoms with E-state index in [2.05, 4.69) is 5.32 Å². The zero-order valence-electron chi connectivity index (χ0n) is 16.5. The third-order valence-electron chi connectivity index (χ3n) is 5.50. The molecule has 1 aliphatic rings. The zero-order valence-corrected chi connectivity index (χ0v) is 17.2. The van der Waals surface area contributed by atoms with Crippen LogP contribution in [0.25, 0.3) is 10.9 Å². The van der Waals surface area contributed by atoms with Gasteiger partial charge in [0.15, 0.2) is 0 Å². The lowest BCUT2D eigenvalue weighted by Crippen LogP contribution is -2.58. The predicted octanol–water partition coefficient (Wildman–Crippen LogP) is 2.82. The van der Waals surface area contributed by atoms with Crippen molar-refractivity contribution in [3.05, 3.63) is 70.6 Å². The number of primary amides is 1. The van der Waals surface area contributed by atoms with Crippen molar-refractivity contribution in [2.24, 2.45) is 5.73 Å². The number of aromatic nitrogens is 1. The van der Waals surface area contributed by atoms with Gasteiger partial charge in [0, 0.05) is 30.2 Å². The Kier molecular flexibility index (Phi) is 5.65. The molecule has 0 saturated carbocycles. The number of fused-ring (bicyclic) bond motifs is 1. The average Bonchev–Trinajstić information content (AvgIpc) is 3.07. The Bertz CT molecular complexity index is 1190. The van der Waals surface area contributed by atoms with Crippen LogP contribution in [0, 0.1) is 5.82 Å². The molecule has 2 aromatic carbocycles. The molecular weight excluding hydrogens is 423 g/mol. The summed E-state index contributed by atoms with van der Waals surface area (Å²) in [5, 5.41) is 3.41. The van der Waals surface area contributed by atoms with Gasteiger partial charge in [0.25, 0.3) is 0 Å². The summed E-state index contributed by atoms with van der Waals surface area (Å²) in [4.78, 5) is 38.6. The summed E-state index contributed by atoms with van der Waals surface area (Å²) in [6.45, 7) is 0.437. The number of nitrogens with zero attached hydrogens (tertiary/aromatic N) is 2. The van der Waals surface area contributed by atoms with E-state index in [1.807, 2.05) is 12.1 Å². The van der Waals surface area contributed by atoms with Gasteiger partial charge in [-0.1, -0.05) is 41.9 Å². The van der Waals surface area contributed by atoms with Crippen LogP contribution in [-0.4, -0.2) is 39.9 Å². The smallest absolute Gasteiger partial charge is 0.323 e. The van der Waals surface area contributed by atoms with E-state index in [1.54, 1.807) is 30.5 Å². The minimum absolute atomic E-state index is 0.0117. The lowest BCUT2D eigenvalue weighted by Gasteiger charge is -2.39. The number of hydrogen-bond donors (Lipinski definition) is 2. The largest absolute Gasteiger partial charge is 0.351 e. The summed E-state index contributed by atoms with van der Waals surface area (Å²) in [6.07, 6.45) is 2.12. The van der Waals surface area contributed by atoms with Crippen molar-refractivity contribution >= 4 is 40.3 Å². The molecule has 4 rings (SSSR count). The lowest BCUT2D eigenvalue weighted by molar-refractivity contribution is -0.146. The SMILES string of the molecule is NC(=O)n1cc(CC(=O)N2CCC2C(=O)NCc2cccc(Cl)c2F)c2ccccc21. The van der Waals surface area contributed by atoms with E-state index in [9.17, 15) is 18.8 Å². The highest BCUT2D eigenvalue weighted by Gasteiger charge is 2.37. The van der Waals surface area contributed by atoms with Gasteiger partial charge < -0.3 is 16.0 Å². The number of nitrogens with two attached hydrogens (primary N) is 1. The van der Waals surface area contributed by atoms with Crippen LogP contribution in [-0.2, 0) is 22.6 Å². The topological polar surface area (TPSA) is 97.4 Å². The van der Waals surface area contributed by atoms with Crippen molar-refractivity contribution < 1.29 is 18.8 Å². The standard InChI is InChI=1S/C22H20ClFN4O3/c23-16-6-3-4-13(20(16)24)11-26-21(30)18-8-9-27(18)19(29)10-14-12-28(22(25)31)17-7-2-1-5-15(14)17/h1-7,12,18H,8-11H2,(H2,25,31)(H,26,30). The summed E-state index contributed by atoms with van der Waals surface area (Å²) in [7, 11) is 0. The Morgan fingerprint density at radius 2 is 1.90 bits per heavy atom. The van der Waals surface area contributed by atoms with Crippen molar-refractivity contribution in [1.82, 2.24) is 14.8 Å². The molecule has 3 aromatic rings. The van der Waals surface area contributed by atoms with Crippen LogP contribution in [0.15, 0.2) is 48.7 Å². The minimum atomic E-state index is -0.635. The lowest BCUT2D eigenvalue weighted by atomic mass is 10.00. The molecule has 2 heterocycles. The molecule has 9 heteroatoms. The highest BCUT2D eigenvalue weighted by atomic mass is 35.5. The quantitative estimate of drug-likeness (QED) is 0.635. The fourth-order valence-electron chi connectivity index (χ4n) is 3.78. The van der Waals surface area contributed by atoms with Crippen LogP contribution in [0.2, 0.25) is 5.02 Å². The average molecular weight is 443 g/mol. The molecule has 3 N–H and O–H groups in total. The molecule has 1 unspecified atom stereocenters. The minimum Gasteiger partial charge on any atom is -0.351 e. The number of likely N-dealkylation sites (tertiary alicyclic amines) is 1. The molecule has 0 aliphatic carbocycles. The summed E-state index contributed by atoms with van der Waals surface area (Å²) in [5.74, 6) is -1.15. The fraction of sp³-hybridized carbons (Fsp3) is 0.227. The summed E-state index contributed by atoms with van der Waals surface area (Å²) in [5.41, 5.74) is 6.98. The van der Waals surface area contributed by atoms with E-state index in [-0.39, 0.29) is 35.4 Å². The maximum atomic E-state index is 14.0. The maximum absolute atomic E-state index is 14.0. The normalized spacial score (nSPS) is 15.5. The second-order valence-corrected chi connectivity index (χ2v) is 7.79. The fourth-order valence-corrected chi connectivity index (χ4v) is 3.98. The molecule has 7 nitrogen and oxygen atoms in total. The number of amides is 3. The molecule has 1 fully saturated rings. The number of halogens is 2. The van der Waals surface area contributed by atoms with E-state index in [0.717, 1.165) is 5.39 Å². The predicted molar refractivity (Wildman–Crippen MR) is 114 cm³/mol. The molecule has 0 spiro atoms. The van der Waals surface area contributed by atoms with Crippen LogP contribution in [0.4, 0.5) is 9.18 Å². The number of hydrogen-bond acceptors (Lipinski definition) is 3. The van der Waals surface area contributed by atoms with E-state index in [1.165, 1.54) is 15.5 Å². The van der Waals surface area contributed by atoms with Crippen LogP contribution in [0.1, 0.15) is 17.5 Å². The van der Waals surface area contributed by atoms with Gasteiger partial charge in [0.1, 0.15) is 11.9 Å². The highest BCUT2D eigenvalue weighted by Crippen LogP contribution is 2.25. The molecule has 3 amide bonds. The van der Waals surface area contributed by atoms with E-state index >= 15 is 0 Å². The number of para-hydroxylation sites is 1. The van der Waals surface area contributed by atoms with Gasteiger partial charge >= 0.3 is 6.03 Å². The molecule has 31 heavy (non-hydrogen) atoms. The van der Waals surface area contributed by atoms with Crippen molar-refractivity contribution in [1.29, 1.82) is 0 Å². The van der Waals surface area contributed by atoms with Gasteiger partial charge in [-0.15, -0.1) is 0 Å². The van der Waals surface area contributed by atoms with Crippen LogP contribution >= 0.6 is 11.6 Å². The molecular formula is C22H20ClFN4O3. The summed E-state index contributed by atoms with van der Waals surface area (Å²) >= 11 is 5.76. The molecule has 0 bridgehead atoms. The maximum Gasteiger partial charge on any atom is 0.323 e. The van der Waals surface area contributed by atoms with Gasteiger partial charge in [-0.05, 0) is 24.1 Å². The van der Waals surface area contributed by atoms with Gasteiger partial charge in [-0.3, -0.25) is 14.2 Å². The first-order chi connectivity index (χ1) is 14.9. The Labute approximate surface area is 182 Å². The number of rotatable bonds is 5. The number of carbonyl (C=O) groups excluding carboxylic acids is 3. The second kappa shape index (κ2) is 8.39. The van der Waals surface area contributed by atoms with E-state index < -0.39 is 17.9 Å². The number of carbonyl (C=O) groups is 3. The molecule has 1 atom stereocenters. The third kappa shape index (κ3) is 3.98. The first-order valence-corrected chi connectivity index (χ1v) is 10.1. The van der Waals surface area contributed by atoms with Crippen molar-refractivity contribution in [2.75, 3.05) is 6.54 Å². The van der Waals surface area contributed by atoms with E-state index in [0.29, 0.717) is 24.0 Å². The Balaban J connectivity index is 1.43. The van der Waals surface area contributed by atoms with Gasteiger partial charge in [-0.2, -0.15) is 0 Å². The summed E-state index contributed by atoms with van der Waals surface area (Å²) < 4.78 is 15.3. The molecule has 1 aromatic heterocycles. The van der Waals surface area contributed by atoms with Crippen LogP contribution in [0.5, 0.6) is 0 Å². The Morgan fingerprint density at radius 1 is 1.13 bits per heavy atom. The molecule has 1 saturated heterocycles. The summed E-state index contributed by atoms with van der Waals surface area (Å²) in [6, 6.07) is 10.5. The molecule has 1 aliphatic heterocycles. The monoisotopic (exact) mass is 442 g/mol. The number of benzene rings is 2. The van der Waals surface area contributed by atoms with Crippen molar-refractivity contribution in [3.63, 3.8) is 0 Å². The Hall–Kier alpha value is -3.39. The highest BCUT2D eigenvalue weighted by molar-refractivity contribution is 6.30. The van der Waals surface area contributed by atoms with Crippen molar-refractivity contribution in [2.45, 2.75) is 25.4 Å². The third-order valence-corrected chi connectivity index (χ3v) is 5.79. The molecule has 160 valence electrons. The molecule has 0 radical (unpaired) electrons. The van der Waals surface area contributed by atoms with Crippen molar-refractivity contribution in [3.8, 4) is 0 Å². The van der Waals surface area contributed by atoms with Crippen LogP contribution < -0.4 is 11.1 Å². The first kappa shape index (κ1) is 20.9. The van der Waals surface area contributed by atoms with Gasteiger partial charge in [-0.25, -0.2) is 9.18 Å². The van der Waals surface area contributed by atoms with Gasteiger partial charge in [0.2, 0.25) is 11.8 Å². The zero-order chi connectivity index (χ0) is 22.1.